The van der Waals surface area contributed by atoms with Crippen molar-refractivity contribution in [2.24, 2.45) is 11.7 Å². The van der Waals surface area contributed by atoms with Crippen molar-refractivity contribution in [3.8, 4) is 0 Å². The predicted molar refractivity (Wildman–Crippen MR) is 121 cm³/mol. The molecule has 3 rings (SSSR count). The first kappa shape index (κ1) is 23.0. The monoisotopic (exact) mass is 446 g/mol. The zero-order valence-electron chi connectivity index (χ0n) is 18.2. The Morgan fingerprint density at radius 2 is 1.94 bits per heavy atom. The molecule has 0 aliphatic carbocycles. The summed E-state index contributed by atoms with van der Waals surface area (Å²) >= 11 is 0. The number of primary amides is 1. The van der Waals surface area contributed by atoms with E-state index in [1.165, 1.54) is 12.1 Å². The number of aryl methyl sites for hydroxylation is 1. The molecule has 1 aromatic heterocycles. The van der Waals surface area contributed by atoms with Gasteiger partial charge in [-0.05, 0) is 63.5 Å². The summed E-state index contributed by atoms with van der Waals surface area (Å²) in [6, 6.07) is 6.31. The highest BCUT2D eigenvalue weighted by Crippen LogP contribution is 2.25. The average molecular weight is 447 g/mol. The van der Waals surface area contributed by atoms with Crippen molar-refractivity contribution in [2.75, 3.05) is 43.6 Å². The van der Waals surface area contributed by atoms with Crippen molar-refractivity contribution in [2.45, 2.75) is 31.1 Å². The van der Waals surface area contributed by atoms with Gasteiger partial charge in [0.1, 0.15) is 5.82 Å². The molecule has 2 aromatic rings. The number of rotatable bonds is 8. The lowest BCUT2D eigenvalue weighted by atomic mass is 9.97. The largest absolute Gasteiger partial charge is 0.368 e. The minimum atomic E-state index is -3.37. The average Bonchev–Trinajstić information content (AvgIpc) is 2.72. The lowest BCUT2D eigenvalue weighted by Gasteiger charge is -2.29. The molecule has 10 heteroatoms. The van der Waals surface area contributed by atoms with Gasteiger partial charge < -0.3 is 21.3 Å². The molecule has 168 valence electrons. The third-order valence-corrected chi connectivity index (χ3v) is 6.57. The van der Waals surface area contributed by atoms with E-state index in [1.54, 1.807) is 12.1 Å². The molecule has 2 heterocycles. The van der Waals surface area contributed by atoms with Crippen LogP contribution in [0.5, 0.6) is 0 Å². The van der Waals surface area contributed by atoms with Gasteiger partial charge in [-0.3, -0.25) is 4.79 Å². The first-order chi connectivity index (χ1) is 14.7. The van der Waals surface area contributed by atoms with Gasteiger partial charge in [0.05, 0.1) is 10.6 Å². The maximum Gasteiger partial charge on any atom is 0.271 e. The van der Waals surface area contributed by atoms with Gasteiger partial charge in [0.25, 0.3) is 5.91 Å². The molecule has 1 amide bonds. The minimum absolute atomic E-state index is 0.0199. The number of anilines is 3. The summed E-state index contributed by atoms with van der Waals surface area (Å²) in [7, 11) is -1.24. The summed E-state index contributed by atoms with van der Waals surface area (Å²) in [6.45, 7) is 4.86. The van der Waals surface area contributed by atoms with E-state index in [2.05, 4.69) is 32.5 Å². The number of carbonyl (C=O) groups is 1. The zero-order valence-corrected chi connectivity index (χ0v) is 19.0. The molecule has 1 aliphatic heterocycles. The Hall–Kier alpha value is -2.72. The molecule has 0 saturated carbocycles. The molecule has 0 radical (unpaired) electrons. The molecule has 1 saturated heterocycles. The highest BCUT2D eigenvalue weighted by atomic mass is 32.2. The van der Waals surface area contributed by atoms with Crippen molar-refractivity contribution in [1.29, 1.82) is 0 Å². The summed E-state index contributed by atoms with van der Waals surface area (Å²) in [4.78, 5) is 23.5. The highest BCUT2D eigenvalue weighted by Gasteiger charge is 2.20. The Morgan fingerprint density at radius 3 is 2.55 bits per heavy atom. The van der Waals surface area contributed by atoms with Crippen molar-refractivity contribution >= 4 is 33.1 Å². The van der Waals surface area contributed by atoms with Crippen LogP contribution in [0.1, 0.15) is 35.9 Å². The number of hydrogen-bond donors (Lipinski definition) is 3. The fraction of sp³-hybridized carbons (Fsp3) is 0.476. The van der Waals surface area contributed by atoms with Gasteiger partial charge in [-0.15, -0.1) is 0 Å². The standard InChI is InChI=1S/C21H30N6O3S/c1-4-17-20(23-13-14-8-10-27(2)11-9-14)26-21(18(25-17)19(22)28)24-15-6-5-7-16(12-15)31(3,29)30/h5-7,12,14H,4,8-11,13H2,1-3H3,(H2,22,28)(H2,23,24,26). The molecule has 1 fully saturated rings. The van der Waals surface area contributed by atoms with E-state index in [0.717, 1.165) is 38.7 Å². The molecule has 1 aromatic carbocycles. The normalized spacial score (nSPS) is 15.6. The molecular formula is C21H30N6O3S. The third-order valence-electron chi connectivity index (χ3n) is 5.46. The minimum Gasteiger partial charge on any atom is -0.368 e. The van der Waals surface area contributed by atoms with E-state index in [4.69, 9.17) is 5.73 Å². The lowest BCUT2D eigenvalue weighted by molar-refractivity contribution is 0.0996. The molecule has 0 spiro atoms. The molecule has 1 aliphatic rings. The maximum absolute atomic E-state index is 12.0. The third kappa shape index (κ3) is 5.92. The van der Waals surface area contributed by atoms with Gasteiger partial charge in [0.2, 0.25) is 0 Å². The van der Waals surface area contributed by atoms with Crippen molar-refractivity contribution < 1.29 is 13.2 Å². The molecule has 0 unspecified atom stereocenters. The fourth-order valence-corrected chi connectivity index (χ4v) is 4.23. The zero-order chi connectivity index (χ0) is 22.6. The van der Waals surface area contributed by atoms with Crippen molar-refractivity contribution in [1.82, 2.24) is 14.9 Å². The van der Waals surface area contributed by atoms with Crippen LogP contribution in [0.4, 0.5) is 17.3 Å². The van der Waals surface area contributed by atoms with E-state index in [1.807, 2.05) is 6.92 Å². The Balaban J connectivity index is 1.88. The van der Waals surface area contributed by atoms with Gasteiger partial charge >= 0.3 is 0 Å². The second-order valence-electron chi connectivity index (χ2n) is 7.99. The number of piperidine rings is 1. The number of aromatic nitrogens is 2. The van der Waals surface area contributed by atoms with E-state index in [0.29, 0.717) is 29.5 Å². The van der Waals surface area contributed by atoms with Gasteiger partial charge in [-0.1, -0.05) is 13.0 Å². The quantitative estimate of drug-likeness (QED) is 0.562. The number of sulfone groups is 1. The second kappa shape index (κ2) is 9.61. The molecule has 9 nitrogen and oxygen atoms in total. The molecule has 0 bridgehead atoms. The van der Waals surface area contributed by atoms with Gasteiger partial charge in [-0.25, -0.2) is 18.4 Å². The number of amides is 1. The molecule has 0 atom stereocenters. The Bertz CT molecular complexity index is 1050. The van der Waals surface area contributed by atoms with E-state index >= 15 is 0 Å². The maximum atomic E-state index is 12.0. The SMILES string of the molecule is CCc1nc(C(N)=O)c(Nc2cccc(S(C)(=O)=O)c2)nc1NCC1CCN(C)CC1. The number of nitrogens with zero attached hydrogens (tertiary/aromatic N) is 3. The smallest absolute Gasteiger partial charge is 0.271 e. The fourth-order valence-electron chi connectivity index (χ4n) is 3.57. The van der Waals surface area contributed by atoms with E-state index in [9.17, 15) is 13.2 Å². The van der Waals surface area contributed by atoms with Gasteiger partial charge in [0.15, 0.2) is 21.3 Å². The summed E-state index contributed by atoms with van der Waals surface area (Å²) in [5.74, 6) is 0.640. The highest BCUT2D eigenvalue weighted by molar-refractivity contribution is 7.90. The van der Waals surface area contributed by atoms with Crippen LogP contribution >= 0.6 is 0 Å². The number of benzene rings is 1. The van der Waals surface area contributed by atoms with Crippen LogP contribution in [0.15, 0.2) is 29.2 Å². The van der Waals surface area contributed by atoms with Crippen LogP contribution in [0.3, 0.4) is 0 Å². The van der Waals surface area contributed by atoms with Gasteiger partial charge in [-0.2, -0.15) is 0 Å². The summed E-state index contributed by atoms with van der Waals surface area (Å²) in [5, 5.41) is 6.41. The van der Waals surface area contributed by atoms with E-state index < -0.39 is 15.7 Å². The topological polar surface area (TPSA) is 130 Å². The number of nitrogens with one attached hydrogen (secondary N) is 2. The van der Waals surface area contributed by atoms with E-state index in [-0.39, 0.29) is 16.4 Å². The van der Waals surface area contributed by atoms with Crippen LogP contribution < -0.4 is 16.4 Å². The Morgan fingerprint density at radius 1 is 1.23 bits per heavy atom. The summed E-state index contributed by atoms with van der Waals surface area (Å²) in [6.07, 6.45) is 3.96. The van der Waals surface area contributed by atoms with Gasteiger partial charge in [0, 0.05) is 18.5 Å². The first-order valence-corrected chi connectivity index (χ1v) is 12.3. The summed E-state index contributed by atoms with van der Waals surface area (Å²) < 4.78 is 23.7. The van der Waals surface area contributed by atoms with Crippen molar-refractivity contribution in [3.05, 3.63) is 35.7 Å². The van der Waals surface area contributed by atoms with Crippen LogP contribution in [-0.2, 0) is 16.3 Å². The number of carbonyl (C=O) groups excluding carboxylic acids is 1. The Kier molecular flexibility index (Phi) is 7.11. The van der Waals surface area contributed by atoms with Crippen molar-refractivity contribution in [3.63, 3.8) is 0 Å². The number of hydrogen-bond acceptors (Lipinski definition) is 8. The Labute approximate surface area is 183 Å². The second-order valence-corrected chi connectivity index (χ2v) is 10.0. The summed E-state index contributed by atoms with van der Waals surface area (Å²) in [5.41, 5.74) is 6.70. The van der Waals surface area contributed by atoms with Crippen LogP contribution in [0, 0.1) is 5.92 Å². The first-order valence-electron chi connectivity index (χ1n) is 10.4. The van der Waals surface area contributed by atoms with Crippen LogP contribution in [-0.4, -0.2) is 62.1 Å². The molecule has 4 N–H and O–H groups in total. The van der Waals surface area contributed by atoms with Crippen LogP contribution in [0.25, 0.3) is 0 Å². The lowest BCUT2D eigenvalue weighted by Crippen LogP contribution is -2.33. The number of likely N-dealkylation sites (tertiary alicyclic amines) is 1. The molecule has 31 heavy (non-hydrogen) atoms. The predicted octanol–water partition coefficient (Wildman–Crippen LogP) is 2.04. The van der Waals surface area contributed by atoms with Crippen LogP contribution in [0.2, 0.25) is 0 Å². The molecular weight excluding hydrogens is 416 g/mol. The number of nitrogens with two attached hydrogens (primary N) is 1.